The Kier molecular flexibility index (Phi) is 7.06. The highest BCUT2D eigenvalue weighted by Gasteiger charge is 2.50. The Hall–Kier alpha value is -2.53. The van der Waals surface area contributed by atoms with E-state index in [9.17, 15) is 14.0 Å². The van der Waals surface area contributed by atoms with E-state index in [2.05, 4.69) is 12.1 Å². The third-order valence-corrected chi connectivity index (χ3v) is 8.83. The van der Waals surface area contributed by atoms with Gasteiger partial charge in [-0.3, -0.25) is 9.59 Å². The zero-order valence-corrected chi connectivity index (χ0v) is 20.6. The van der Waals surface area contributed by atoms with Crippen LogP contribution in [0.5, 0.6) is 0 Å². The average molecular weight is 479 g/mol. The summed E-state index contributed by atoms with van der Waals surface area (Å²) in [7, 11) is 0. The van der Waals surface area contributed by atoms with Crippen molar-refractivity contribution in [1.29, 1.82) is 0 Å². The number of fused-ring (bicyclic) bond motifs is 3. The third-order valence-electron chi connectivity index (χ3n) is 8.83. The highest BCUT2D eigenvalue weighted by Crippen LogP contribution is 2.42. The van der Waals surface area contributed by atoms with Gasteiger partial charge in [0.15, 0.2) is 11.9 Å². The smallest absolute Gasteiger partial charge is 0.317 e. The monoisotopic (exact) mass is 478 g/mol. The van der Waals surface area contributed by atoms with Crippen LogP contribution in [0.25, 0.3) is 0 Å². The SMILES string of the molecule is O=C(Cc1ccccc1F)C[N+]12CCC(CC1)[C@@H](OC(=O)C1(c3ccccc3)CCCCCC1)C2. The first-order chi connectivity index (χ1) is 17.0. The van der Waals surface area contributed by atoms with Crippen LogP contribution in [-0.4, -0.2) is 48.5 Å². The predicted octanol–water partition coefficient (Wildman–Crippen LogP) is 5.38. The lowest BCUT2D eigenvalue weighted by atomic mass is 9.74. The molecule has 0 aromatic heterocycles. The Morgan fingerprint density at radius 3 is 2.26 bits per heavy atom. The van der Waals surface area contributed by atoms with Crippen LogP contribution >= 0.6 is 0 Å². The van der Waals surface area contributed by atoms with E-state index in [0.29, 0.717) is 29.1 Å². The highest BCUT2D eigenvalue weighted by molar-refractivity contribution is 5.83. The number of esters is 1. The van der Waals surface area contributed by atoms with Crippen LogP contribution in [0.1, 0.15) is 62.5 Å². The summed E-state index contributed by atoms with van der Waals surface area (Å²) >= 11 is 0. The van der Waals surface area contributed by atoms with E-state index in [-0.39, 0.29) is 30.1 Å². The average Bonchev–Trinajstić information content (AvgIpc) is 3.14. The highest BCUT2D eigenvalue weighted by atomic mass is 19.1. The molecule has 3 aliphatic heterocycles. The molecule has 0 spiro atoms. The molecule has 0 amide bonds. The first-order valence-electron chi connectivity index (χ1n) is 13.4. The van der Waals surface area contributed by atoms with Crippen LogP contribution in [0, 0.1) is 11.7 Å². The molecule has 2 aromatic carbocycles. The first-order valence-corrected chi connectivity index (χ1v) is 13.4. The van der Waals surface area contributed by atoms with Gasteiger partial charge < -0.3 is 9.22 Å². The second-order valence-corrected chi connectivity index (χ2v) is 11.1. The maximum atomic E-state index is 14.1. The number of rotatable bonds is 7. The van der Waals surface area contributed by atoms with E-state index in [1.807, 2.05) is 18.2 Å². The fourth-order valence-electron chi connectivity index (χ4n) is 6.81. The van der Waals surface area contributed by atoms with Gasteiger partial charge in [-0.15, -0.1) is 0 Å². The zero-order chi connectivity index (χ0) is 24.3. The van der Waals surface area contributed by atoms with Gasteiger partial charge in [-0.25, -0.2) is 4.39 Å². The van der Waals surface area contributed by atoms with Gasteiger partial charge in [0, 0.05) is 25.2 Å². The number of piperidine rings is 3. The fourth-order valence-corrected chi connectivity index (χ4v) is 6.81. The van der Waals surface area contributed by atoms with Gasteiger partial charge in [0.25, 0.3) is 0 Å². The molecule has 6 rings (SSSR count). The quantitative estimate of drug-likeness (QED) is 0.305. The molecule has 4 aliphatic rings. The molecule has 0 N–H and O–H groups in total. The summed E-state index contributed by atoms with van der Waals surface area (Å²) in [5.41, 5.74) is 0.982. The maximum absolute atomic E-state index is 14.1. The number of carbonyl (C=O) groups excluding carboxylic acids is 2. The van der Waals surface area contributed by atoms with E-state index in [4.69, 9.17) is 4.74 Å². The molecule has 2 bridgehead atoms. The van der Waals surface area contributed by atoms with E-state index in [1.165, 1.54) is 6.07 Å². The summed E-state index contributed by atoms with van der Waals surface area (Å²) in [6.45, 7) is 2.96. The molecule has 1 atom stereocenters. The fraction of sp³-hybridized carbons (Fsp3) is 0.533. The molecule has 4 fully saturated rings. The Morgan fingerprint density at radius 2 is 1.57 bits per heavy atom. The van der Waals surface area contributed by atoms with Gasteiger partial charge in [0.05, 0.1) is 18.5 Å². The van der Waals surface area contributed by atoms with Crippen molar-refractivity contribution in [3.8, 4) is 0 Å². The second-order valence-electron chi connectivity index (χ2n) is 11.1. The minimum atomic E-state index is -0.560. The largest absolute Gasteiger partial charge is 0.455 e. The van der Waals surface area contributed by atoms with Crippen molar-refractivity contribution in [3.05, 3.63) is 71.5 Å². The van der Waals surface area contributed by atoms with Crippen molar-refractivity contribution in [1.82, 2.24) is 0 Å². The normalized spacial score (nSPS) is 27.7. The Morgan fingerprint density at radius 1 is 0.914 bits per heavy atom. The van der Waals surface area contributed by atoms with Crippen molar-refractivity contribution in [2.24, 2.45) is 5.92 Å². The molecule has 2 aromatic rings. The van der Waals surface area contributed by atoms with Gasteiger partial charge in [-0.2, -0.15) is 0 Å². The van der Waals surface area contributed by atoms with Crippen LogP contribution in [0.4, 0.5) is 4.39 Å². The number of nitrogens with zero attached hydrogens (tertiary/aromatic N) is 1. The molecule has 3 saturated heterocycles. The number of carbonyl (C=O) groups is 2. The van der Waals surface area contributed by atoms with Crippen LogP contribution < -0.4 is 0 Å². The molecule has 4 nitrogen and oxygen atoms in total. The maximum Gasteiger partial charge on any atom is 0.317 e. The number of quaternary nitrogens is 1. The molecule has 3 heterocycles. The molecule has 0 radical (unpaired) electrons. The lowest BCUT2D eigenvalue weighted by Gasteiger charge is -2.52. The second kappa shape index (κ2) is 10.2. The number of hydrogen-bond acceptors (Lipinski definition) is 3. The molecule has 0 unspecified atom stereocenters. The van der Waals surface area contributed by atoms with Crippen molar-refractivity contribution >= 4 is 11.8 Å². The number of benzene rings is 2. The van der Waals surface area contributed by atoms with E-state index < -0.39 is 5.41 Å². The zero-order valence-electron chi connectivity index (χ0n) is 20.6. The van der Waals surface area contributed by atoms with Gasteiger partial charge in [-0.05, 0) is 30.0 Å². The minimum Gasteiger partial charge on any atom is -0.455 e. The molecular weight excluding hydrogens is 441 g/mol. The van der Waals surface area contributed by atoms with E-state index in [0.717, 1.165) is 70.0 Å². The third kappa shape index (κ3) is 5.06. The summed E-state index contributed by atoms with van der Waals surface area (Å²) < 4.78 is 21.1. The van der Waals surface area contributed by atoms with Crippen molar-refractivity contribution in [3.63, 3.8) is 0 Å². The van der Waals surface area contributed by atoms with Crippen molar-refractivity contribution in [2.75, 3.05) is 26.2 Å². The standard InChI is InChI=1S/C30H37FNO3/c31-27-13-7-6-10-24(27)20-26(33)21-32-18-14-23(15-19-32)28(22-32)35-29(34)30(16-8-1-2-9-17-30)25-11-4-3-5-12-25/h3-7,10-13,23,28H,1-2,8-9,14-22H2/q+1/t23?,28-,32?/m0/s1. The van der Waals surface area contributed by atoms with Gasteiger partial charge in [0.2, 0.25) is 0 Å². The predicted molar refractivity (Wildman–Crippen MR) is 133 cm³/mol. The molecule has 5 heteroatoms. The van der Waals surface area contributed by atoms with Gasteiger partial charge >= 0.3 is 5.97 Å². The summed E-state index contributed by atoms with van der Waals surface area (Å²) in [4.78, 5) is 26.9. The van der Waals surface area contributed by atoms with Crippen LogP contribution in [0.15, 0.2) is 54.6 Å². The van der Waals surface area contributed by atoms with Crippen molar-refractivity contribution < 1.29 is 23.2 Å². The number of halogens is 1. The van der Waals surface area contributed by atoms with Gasteiger partial charge in [0.1, 0.15) is 18.9 Å². The van der Waals surface area contributed by atoms with Gasteiger partial charge in [-0.1, -0.05) is 74.2 Å². The Bertz CT molecular complexity index is 1040. The summed E-state index contributed by atoms with van der Waals surface area (Å²) in [5.74, 6) is 0.0454. The summed E-state index contributed by atoms with van der Waals surface area (Å²) in [5, 5.41) is 0. The first kappa shape index (κ1) is 24.2. The summed E-state index contributed by atoms with van der Waals surface area (Å²) in [6.07, 6.45) is 8.03. The number of ketones is 1. The lowest BCUT2D eigenvalue weighted by Crippen LogP contribution is -2.66. The van der Waals surface area contributed by atoms with Crippen LogP contribution in [-0.2, 0) is 26.2 Å². The number of ether oxygens (including phenoxy) is 1. The molecule has 1 aliphatic carbocycles. The van der Waals surface area contributed by atoms with E-state index in [1.54, 1.807) is 18.2 Å². The molecular formula is C30H37FNO3+. The number of Topliss-reactive ketones (excluding diaryl/α,β-unsaturated/α-hetero) is 1. The summed E-state index contributed by atoms with van der Waals surface area (Å²) in [6, 6.07) is 16.7. The molecule has 186 valence electrons. The topological polar surface area (TPSA) is 43.4 Å². The number of hydrogen-bond donors (Lipinski definition) is 0. The van der Waals surface area contributed by atoms with Crippen LogP contribution in [0.3, 0.4) is 0 Å². The molecule has 35 heavy (non-hydrogen) atoms. The van der Waals surface area contributed by atoms with Crippen LogP contribution in [0.2, 0.25) is 0 Å². The Balaban J connectivity index is 1.30. The Labute approximate surface area is 208 Å². The lowest BCUT2D eigenvalue weighted by molar-refractivity contribution is -0.939. The molecule has 1 saturated carbocycles. The van der Waals surface area contributed by atoms with Crippen molar-refractivity contribution in [2.45, 2.75) is 69.3 Å². The van der Waals surface area contributed by atoms with E-state index >= 15 is 0 Å². The minimum absolute atomic E-state index is 0.0602.